The number of anilines is 6. The Labute approximate surface area is 398 Å². The van der Waals surface area contributed by atoms with Crippen LogP contribution in [-0.4, -0.2) is 0 Å². The van der Waals surface area contributed by atoms with Gasteiger partial charge in [-0.25, -0.2) is 0 Å². The SMILES string of the molecule is CCc1ccc2c(oc3ccccc32)c1N(c1ccc(C(C)(C)C)cc1)c1ccc2ccc3c(N(c4ccc(C(C)(C)C)cc4)c4c(CC)ccc5c4oc4ccccc45)ccc4ccc1c2c43. The fraction of sp³-hybridized carbons (Fsp3) is 0.188. The first kappa shape index (κ1) is 41.8. The van der Waals surface area contributed by atoms with E-state index in [1.54, 1.807) is 0 Å². The molecule has 0 N–H and O–H groups in total. The highest BCUT2D eigenvalue weighted by molar-refractivity contribution is 6.29. The molecular weight excluding hydrogens is 829 g/mol. The van der Waals surface area contributed by atoms with Crippen LogP contribution in [0.5, 0.6) is 0 Å². The van der Waals surface area contributed by atoms with E-state index in [4.69, 9.17) is 8.83 Å². The predicted molar refractivity (Wildman–Crippen MR) is 290 cm³/mol. The zero-order valence-electron chi connectivity index (χ0n) is 40.3. The molecule has 0 saturated carbocycles. The van der Waals surface area contributed by atoms with Gasteiger partial charge in [0, 0.05) is 43.7 Å². The molecule has 0 atom stereocenters. The summed E-state index contributed by atoms with van der Waals surface area (Å²) in [6.45, 7) is 18.2. The van der Waals surface area contributed by atoms with Gasteiger partial charge < -0.3 is 18.6 Å². The Morgan fingerprint density at radius 3 is 1.12 bits per heavy atom. The molecule has 2 heterocycles. The van der Waals surface area contributed by atoms with Gasteiger partial charge in [-0.05, 0) is 116 Å². The molecule has 2 aromatic heterocycles. The van der Waals surface area contributed by atoms with Crippen molar-refractivity contribution in [2.45, 2.75) is 79.1 Å². The Hall–Kier alpha value is -7.56. The van der Waals surface area contributed by atoms with Crippen molar-refractivity contribution in [3.8, 4) is 0 Å². The number of rotatable bonds is 8. The molecule has 0 radical (unpaired) electrons. The van der Waals surface area contributed by atoms with Crippen LogP contribution in [-0.2, 0) is 23.7 Å². The van der Waals surface area contributed by atoms with E-state index in [0.29, 0.717) is 0 Å². The third-order valence-electron chi connectivity index (χ3n) is 14.5. The minimum Gasteiger partial charge on any atom is -0.454 e. The number of para-hydroxylation sites is 2. The first-order valence-electron chi connectivity index (χ1n) is 24.3. The van der Waals surface area contributed by atoms with Crippen molar-refractivity contribution in [1.82, 2.24) is 0 Å². The van der Waals surface area contributed by atoms with Gasteiger partial charge >= 0.3 is 0 Å². The summed E-state index contributed by atoms with van der Waals surface area (Å²) in [4.78, 5) is 4.95. The first-order valence-corrected chi connectivity index (χ1v) is 24.3. The lowest BCUT2D eigenvalue weighted by atomic mass is 9.87. The maximum Gasteiger partial charge on any atom is 0.159 e. The summed E-state index contributed by atoms with van der Waals surface area (Å²) in [5, 5.41) is 11.7. The number of hydrogen-bond donors (Lipinski definition) is 0. The summed E-state index contributed by atoms with van der Waals surface area (Å²) >= 11 is 0. The number of hydrogen-bond acceptors (Lipinski definition) is 4. The average Bonchev–Trinajstić information content (AvgIpc) is 3.93. The highest BCUT2D eigenvalue weighted by Gasteiger charge is 2.29. The number of aryl methyl sites for hydroxylation is 2. The van der Waals surface area contributed by atoms with Crippen LogP contribution in [0.2, 0.25) is 0 Å². The summed E-state index contributed by atoms with van der Waals surface area (Å²) in [7, 11) is 0. The number of fused-ring (bicyclic) bond motifs is 6. The number of benzene rings is 10. The van der Waals surface area contributed by atoms with E-state index in [0.717, 1.165) is 90.8 Å². The van der Waals surface area contributed by atoms with Gasteiger partial charge in [-0.2, -0.15) is 0 Å². The van der Waals surface area contributed by atoms with Crippen molar-refractivity contribution >= 4 is 110 Å². The molecule has 0 unspecified atom stereocenters. The zero-order valence-corrected chi connectivity index (χ0v) is 40.3. The van der Waals surface area contributed by atoms with Crippen molar-refractivity contribution < 1.29 is 8.83 Å². The normalized spacial score (nSPS) is 12.5. The topological polar surface area (TPSA) is 32.8 Å². The second-order valence-electron chi connectivity index (χ2n) is 20.7. The average molecular weight is 885 g/mol. The van der Waals surface area contributed by atoms with Gasteiger partial charge in [-0.3, -0.25) is 0 Å². The molecule has 4 nitrogen and oxygen atoms in total. The molecule has 10 aromatic carbocycles. The molecule has 0 aliphatic heterocycles. The highest BCUT2D eigenvalue weighted by atomic mass is 16.3. The van der Waals surface area contributed by atoms with E-state index in [1.807, 2.05) is 0 Å². The Kier molecular flexibility index (Phi) is 9.54. The van der Waals surface area contributed by atoms with Crippen molar-refractivity contribution in [1.29, 1.82) is 0 Å². The molecule has 0 bridgehead atoms. The first-order chi connectivity index (χ1) is 32.9. The molecule has 0 fully saturated rings. The Balaban J connectivity index is 1.15. The van der Waals surface area contributed by atoms with Crippen molar-refractivity contribution in [3.05, 3.63) is 192 Å². The van der Waals surface area contributed by atoms with E-state index >= 15 is 0 Å². The van der Waals surface area contributed by atoms with Gasteiger partial charge in [0.2, 0.25) is 0 Å². The van der Waals surface area contributed by atoms with Crippen LogP contribution < -0.4 is 9.80 Å². The van der Waals surface area contributed by atoms with Gasteiger partial charge in [0.1, 0.15) is 11.2 Å². The lowest BCUT2D eigenvalue weighted by Gasteiger charge is -2.31. The fourth-order valence-corrected chi connectivity index (χ4v) is 10.9. The van der Waals surface area contributed by atoms with Crippen LogP contribution in [0.15, 0.2) is 179 Å². The predicted octanol–water partition coefficient (Wildman–Crippen LogP) is 19.0. The Morgan fingerprint density at radius 1 is 0.368 bits per heavy atom. The summed E-state index contributed by atoms with van der Waals surface area (Å²) in [6, 6.07) is 62.9. The quantitative estimate of drug-likeness (QED) is 0.142. The molecule has 12 aromatic rings. The summed E-state index contributed by atoms with van der Waals surface area (Å²) in [6.07, 6.45) is 1.69. The molecule has 0 amide bonds. The largest absolute Gasteiger partial charge is 0.454 e. The van der Waals surface area contributed by atoms with E-state index in [2.05, 4.69) is 235 Å². The maximum atomic E-state index is 6.92. The second-order valence-corrected chi connectivity index (χ2v) is 20.7. The maximum absolute atomic E-state index is 6.92. The standard InChI is InChI=1S/C64H56N2O2/c1-9-39-19-33-49-47-15-11-13-17-55(47)67-61(49)59(39)65(45-29-25-43(26-30-45)63(3,4)5)53-37-23-41-22-36-52-54(38-24-42-21-35-51(53)57(41)58(42)52)66(46-31-27-44(28-32-46)64(6,7)8)60-40(10-2)20-34-50-48-16-12-14-18-56(48)68-62(50)60/h11-38H,9-10H2,1-8H3. The molecular formula is C64H56N2O2. The van der Waals surface area contributed by atoms with E-state index in [9.17, 15) is 0 Å². The van der Waals surface area contributed by atoms with Crippen molar-refractivity contribution in [2.24, 2.45) is 0 Å². The van der Waals surface area contributed by atoms with Gasteiger partial charge in [0.05, 0.1) is 22.7 Å². The lowest BCUT2D eigenvalue weighted by Crippen LogP contribution is -2.15. The second kappa shape index (κ2) is 15.5. The van der Waals surface area contributed by atoms with Gasteiger partial charge in [-0.1, -0.05) is 177 Å². The van der Waals surface area contributed by atoms with Gasteiger partial charge in [-0.15, -0.1) is 0 Å². The van der Waals surface area contributed by atoms with E-state index < -0.39 is 0 Å². The van der Waals surface area contributed by atoms with Gasteiger partial charge in [0.15, 0.2) is 11.2 Å². The molecule has 68 heavy (non-hydrogen) atoms. The van der Waals surface area contributed by atoms with Crippen LogP contribution in [0.25, 0.3) is 76.2 Å². The van der Waals surface area contributed by atoms with Crippen LogP contribution in [0.3, 0.4) is 0 Å². The van der Waals surface area contributed by atoms with E-state index in [-0.39, 0.29) is 10.8 Å². The van der Waals surface area contributed by atoms with E-state index in [1.165, 1.54) is 54.6 Å². The number of nitrogens with zero attached hydrogens (tertiary/aromatic N) is 2. The zero-order chi connectivity index (χ0) is 46.6. The highest BCUT2D eigenvalue weighted by Crippen LogP contribution is 2.52. The minimum atomic E-state index is 0.0116. The third kappa shape index (κ3) is 6.48. The van der Waals surface area contributed by atoms with Crippen LogP contribution in [0.4, 0.5) is 34.1 Å². The molecule has 12 rings (SSSR count). The van der Waals surface area contributed by atoms with Crippen molar-refractivity contribution in [2.75, 3.05) is 9.80 Å². The molecule has 0 saturated heterocycles. The smallest absolute Gasteiger partial charge is 0.159 e. The molecule has 4 heteroatoms. The van der Waals surface area contributed by atoms with Crippen LogP contribution in [0, 0.1) is 0 Å². The number of furan rings is 2. The molecule has 0 aliphatic rings. The fourth-order valence-electron chi connectivity index (χ4n) is 10.9. The lowest BCUT2D eigenvalue weighted by molar-refractivity contribution is 0.590. The van der Waals surface area contributed by atoms with Crippen LogP contribution in [0.1, 0.15) is 77.6 Å². The minimum absolute atomic E-state index is 0.0116. The molecule has 334 valence electrons. The van der Waals surface area contributed by atoms with Gasteiger partial charge in [0.25, 0.3) is 0 Å². The summed E-state index contributed by atoms with van der Waals surface area (Å²) in [5.41, 5.74) is 15.2. The summed E-state index contributed by atoms with van der Waals surface area (Å²) < 4.78 is 13.8. The van der Waals surface area contributed by atoms with Crippen molar-refractivity contribution in [3.63, 3.8) is 0 Å². The Morgan fingerprint density at radius 2 is 0.735 bits per heavy atom. The molecule has 0 aliphatic carbocycles. The third-order valence-corrected chi connectivity index (χ3v) is 14.5. The Bertz CT molecular complexity index is 3640. The monoisotopic (exact) mass is 884 g/mol. The molecule has 0 spiro atoms. The van der Waals surface area contributed by atoms with Crippen LogP contribution >= 0.6 is 0 Å². The summed E-state index contributed by atoms with van der Waals surface area (Å²) in [5.74, 6) is 0.